The maximum atomic E-state index is 10.7. The van der Waals surface area contributed by atoms with Gasteiger partial charge >= 0.3 is 0 Å². The molecule has 3 aliphatic rings. The Morgan fingerprint density at radius 1 is 0.826 bits per heavy atom. The lowest BCUT2D eigenvalue weighted by Crippen LogP contribution is -2.52. The highest BCUT2D eigenvalue weighted by molar-refractivity contribution is 5.20. The molecule has 1 heterocycles. The molecule has 0 amide bonds. The van der Waals surface area contributed by atoms with Gasteiger partial charge in [-0.25, -0.2) is 0 Å². The Morgan fingerprint density at radius 3 is 2.17 bits per heavy atom. The number of aliphatic hydroxyl groups is 1. The van der Waals surface area contributed by atoms with Crippen LogP contribution in [0, 0.1) is 11.8 Å². The highest BCUT2D eigenvalue weighted by Gasteiger charge is 2.40. The van der Waals surface area contributed by atoms with E-state index in [1.54, 1.807) is 0 Å². The molecule has 0 aromatic heterocycles. The van der Waals surface area contributed by atoms with Gasteiger partial charge in [-0.3, -0.25) is 4.90 Å². The Bertz CT molecular complexity index is 494. The van der Waals surface area contributed by atoms with Crippen molar-refractivity contribution in [2.75, 3.05) is 13.1 Å². The standard InChI is InChI=1S/C21H31NO/c23-21-15-19-9-5-4-8-18(19)14-20(21)22-12-10-17(11-13-22)16-6-2-1-3-7-16/h1-3,6-7,17-21,23H,4-5,8-15H2/t18-,19-,20-,21-/m1/s1. The SMILES string of the molecule is O[C@@H]1C[C@H]2CCCC[C@@H]2C[C@H]1N1CCC(c2ccccc2)CC1. The van der Waals surface area contributed by atoms with Gasteiger partial charge in [0.25, 0.3) is 0 Å². The second-order valence-electron chi connectivity index (χ2n) is 8.13. The number of nitrogens with zero attached hydrogens (tertiary/aromatic N) is 1. The van der Waals surface area contributed by atoms with E-state index in [1.807, 2.05) is 0 Å². The maximum absolute atomic E-state index is 10.7. The smallest absolute Gasteiger partial charge is 0.0698 e. The molecule has 23 heavy (non-hydrogen) atoms. The molecule has 126 valence electrons. The zero-order valence-corrected chi connectivity index (χ0v) is 14.2. The minimum absolute atomic E-state index is 0.0809. The molecule has 2 heteroatoms. The van der Waals surface area contributed by atoms with Gasteiger partial charge in [-0.1, -0.05) is 56.0 Å². The maximum Gasteiger partial charge on any atom is 0.0698 e. The van der Waals surface area contributed by atoms with Crippen molar-refractivity contribution in [3.05, 3.63) is 35.9 Å². The van der Waals surface area contributed by atoms with Crippen LogP contribution < -0.4 is 0 Å². The summed E-state index contributed by atoms with van der Waals surface area (Å²) in [5, 5.41) is 10.7. The fourth-order valence-electron chi connectivity index (χ4n) is 5.52. The van der Waals surface area contributed by atoms with E-state index in [-0.39, 0.29) is 6.10 Å². The van der Waals surface area contributed by atoms with Crippen molar-refractivity contribution in [2.24, 2.45) is 11.8 Å². The predicted molar refractivity (Wildman–Crippen MR) is 94.5 cm³/mol. The summed E-state index contributed by atoms with van der Waals surface area (Å²) >= 11 is 0. The van der Waals surface area contributed by atoms with E-state index in [1.165, 1.54) is 63.6 Å². The number of hydrogen-bond acceptors (Lipinski definition) is 2. The zero-order valence-electron chi connectivity index (χ0n) is 14.2. The second-order valence-corrected chi connectivity index (χ2v) is 8.13. The van der Waals surface area contributed by atoms with E-state index < -0.39 is 0 Å². The van der Waals surface area contributed by atoms with Crippen molar-refractivity contribution in [2.45, 2.75) is 69.4 Å². The molecule has 0 spiro atoms. The fraction of sp³-hybridized carbons (Fsp3) is 0.714. The summed E-state index contributed by atoms with van der Waals surface area (Å²) in [6, 6.07) is 11.4. The number of rotatable bonds is 2. The lowest BCUT2D eigenvalue weighted by atomic mass is 9.68. The van der Waals surface area contributed by atoms with Crippen LogP contribution in [0.4, 0.5) is 0 Å². The van der Waals surface area contributed by atoms with E-state index in [2.05, 4.69) is 35.2 Å². The van der Waals surface area contributed by atoms with Crippen molar-refractivity contribution < 1.29 is 5.11 Å². The first kappa shape index (κ1) is 15.7. The summed E-state index contributed by atoms with van der Waals surface area (Å²) in [5.41, 5.74) is 1.50. The molecule has 2 aliphatic carbocycles. The Hall–Kier alpha value is -0.860. The normalized spacial score (nSPS) is 36.6. The van der Waals surface area contributed by atoms with Gasteiger partial charge in [-0.15, -0.1) is 0 Å². The molecule has 0 radical (unpaired) electrons. The minimum Gasteiger partial charge on any atom is -0.391 e. The quantitative estimate of drug-likeness (QED) is 0.884. The molecule has 1 aliphatic heterocycles. The van der Waals surface area contributed by atoms with Crippen LogP contribution in [0.15, 0.2) is 30.3 Å². The van der Waals surface area contributed by atoms with E-state index >= 15 is 0 Å². The Kier molecular flexibility index (Phi) is 4.73. The average Bonchev–Trinajstić information content (AvgIpc) is 2.62. The first-order valence-electron chi connectivity index (χ1n) is 9.78. The van der Waals surface area contributed by atoms with Crippen LogP contribution in [0.3, 0.4) is 0 Å². The van der Waals surface area contributed by atoms with Gasteiger partial charge in [0.2, 0.25) is 0 Å². The van der Waals surface area contributed by atoms with Gasteiger partial charge in [-0.2, -0.15) is 0 Å². The molecule has 1 aromatic rings. The molecule has 4 rings (SSSR count). The largest absolute Gasteiger partial charge is 0.391 e. The molecule has 2 nitrogen and oxygen atoms in total. The molecule has 2 saturated carbocycles. The highest BCUT2D eigenvalue weighted by Crippen LogP contribution is 2.42. The monoisotopic (exact) mass is 313 g/mol. The summed E-state index contributed by atoms with van der Waals surface area (Å²) in [7, 11) is 0. The lowest BCUT2D eigenvalue weighted by Gasteiger charge is -2.47. The van der Waals surface area contributed by atoms with Crippen molar-refractivity contribution in [3.8, 4) is 0 Å². The topological polar surface area (TPSA) is 23.5 Å². The zero-order chi connectivity index (χ0) is 15.6. The molecule has 4 atom stereocenters. The van der Waals surface area contributed by atoms with Gasteiger partial charge < -0.3 is 5.11 Å². The van der Waals surface area contributed by atoms with Crippen LogP contribution in [0.2, 0.25) is 0 Å². The number of piperidine rings is 1. The Morgan fingerprint density at radius 2 is 1.48 bits per heavy atom. The average molecular weight is 313 g/mol. The van der Waals surface area contributed by atoms with Crippen LogP contribution in [-0.2, 0) is 0 Å². The van der Waals surface area contributed by atoms with Crippen molar-refractivity contribution in [3.63, 3.8) is 0 Å². The predicted octanol–water partition coefficient (Wildman–Crippen LogP) is 4.20. The first-order chi connectivity index (χ1) is 11.3. The molecule has 1 N–H and O–H groups in total. The first-order valence-corrected chi connectivity index (χ1v) is 9.78. The third-order valence-electron chi connectivity index (χ3n) is 6.87. The van der Waals surface area contributed by atoms with E-state index in [0.717, 1.165) is 24.2 Å². The fourth-order valence-corrected chi connectivity index (χ4v) is 5.52. The minimum atomic E-state index is -0.0809. The van der Waals surface area contributed by atoms with Crippen molar-refractivity contribution in [1.29, 1.82) is 0 Å². The molecule has 3 fully saturated rings. The van der Waals surface area contributed by atoms with E-state index in [0.29, 0.717) is 6.04 Å². The number of aliphatic hydroxyl groups excluding tert-OH is 1. The third-order valence-corrected chi connectivity index (χ3v) is 6.87. The molecular formula is C21H31NO. The van der Waals surface area contributed by atoms with E-state index in [4.69, 9.17) is 0 Å². The van der Waals surface area contributed by atoms with Crippen LogP contribution in [0.5, 0.6) is 0 Å². The second kappa shape index (κ2) is 6.94. The van der Waals surface area contributed by atoms with Crippen LogP contribution in [0.25, 0.3) is 0 Å². The summed E-state index contributed by atoms with van der Waals surface area (Å²) < 4.78 is 0. The Labute approximate surface area is 140 Å². The van der Waals surface area contributed by atoms with Crippen molar-refractivity contribution in [1.82, 2.24) is 4.90 Å². The van der Waals surface area contributed by atoms with E-state index in [9.17, 15) is 5.11 Å². The summed E-state index contributed by atoms with van der Waals surface area (Å²) in [4.78, 5) is 2.62. The lowest BCUT2D eigenvalue weighted by molar-refractivity contribution is -0.0386. The van der Waals surface area contributed by atoms with Gasteiger partial charge in [-0.05, 0) is 62.1 Å². The Balaban J connectivity index is 1.36. The van der Waals surface area contributed by atoms with Gasteiger partial charge in [0.1, 0.15) is 0 Å². The summed E-state index contributed by atoms with van der Waals surface area (Å²) in [6.07, 6.45) is 10.3. The van der Waals surface area contributed by atoms with Crippen LogP contribution in [-0.4, -0.2) is 35.2 Å². The molecule has 0 bridgehead atoms. The molecular weight excluding hydrogens is 282 g/mol. The number of fused-ring (bicyclic) bond motifs is 1. The summed E-state index contributed by atoms with van der Waals surface area (Å²) in [5.74, 6) is 2.43. The van der Waals surface area contributed by atoms with Gasteiger partial charge in [0.15, 0.2) is 0 Å². The molecule has 1 aromatic carbocycles. The number of hydrogen-bond donors (Lipinski definition) is 1. The van der Waals surface area contributed by atoms with Gasteiger partial charge in [0.05, 0.1) is 6.10 Å². The van der Waals surface area contributed by atoms with Crippen molar-refractivity contribution >= 4 is 0 Å². The third kappa shape index (κ3) is 3.34. The number of benzene rings is 1. The molecule has 0 unspecified atom stereocenters. The number of likely N-dealkylation sites (tertiary alicyclic amines) is 1. The van der Waals surface area contributed by atoms with Crippen LogP contribution in [0.1, 0.15) is 62.8 Å². The van der Waals surface area contributed by atoms with Gasteiger partial charge in [0, 0.05) is 6.04 Å². The summed E-state index contributed by atoms with van der Waals surface area (Å²) in [6.45, 7) is 2.33. The van der Waals surface area contributed by atoms with Crippen LogP contribution >= 0.6 is 0 Å². The molecule has 1 saturated heterocycles. The highest BCUT2D eigenvalue weighted by atomic mass is 16.3.